The molecule has 0 saturated carbocycles. The maximum absolute atomic E-state index is 12.3. The summed E-state index contributed by atoms with van der Waals surface area (Å²) in [7, 11) is 2.95. The number of hydrogen-bond donors (Lipinski definition) is 2. The van der Waals surface area contributed by atoms with Gasteiger partial charge >= 0.3 is 0 Å². The van der Waals surface area contributed by atoms with E-state index in [1.165, 1.54) is 14.2 Å². The highest BCUT2D eigenvalue weighted by molar-refractivity contribution is 5.96. The van der Waals surface area contributed by atoms with Crippen molar-refractivity contribution in [2.75, 3.05) is 20.8 Å². The molecule has 1 amide bonds. The molecule has 0 fully saturated rings. The molecule has 0 saturated heterocycles. The van der Waals surface area contributed by atoms with E-state index in [9.17, 15) is 4.79 Å². The average Bonchev–Trinajstić information content (AvgIpc) is 3.17. The summed E-state index contributed by atoms with van der Waals surface area (Å²) in [5, 5.41) is 9.83. The first-order chi connectivity index (χ1) is 12.7. The summed E-state index contributed by atoms with van der Waals surface area (Å²) in [4.78, 5) is 24.8. The third kappa shape index (κ3) is 3.94. The fraction of sp³-hybridized carbons (Fsp3) is 0.235. The monoisotopic (exact) mass is 354 g/mol. The van der Waals surface area contributed by atoms with Crippen LogP contribution >= 0.6 is 0 Å². The van der Waals surface area contributed by atoms with Crippen LogP contribution in [0.3, 0.4) is 0 Å². The lowest BCUT2D eigenvalue weighted by Crippen LogP contribution is -2.26. The second-order valence-corrected chi connectivity index (χ2v) is 5.26. The highest BCUT2D eigenvalue weighted by Gasteiger charge is 2.15. The van der Waals surface area contributed by atoms with Crippen molar-refractivity contribution >= 4 is 5.91 Å². The minimum atomic E-state index is -0.288. The Hall–Kier alpha value is -3.49. The molecule has 0 spiro atoms. The SMILES string of the molecule is COc1ccc(C(=O)NCCc2nc(-c3cccnc3)n[nH]2)c(OC)n1. The number of carbonyl (C=O) groups excluding carboxylic acids is 1. The van der Waals surface area contributed by atoms with Crippen LogP contribution in [0.2, 0.25) is 0 Å². The summed E-state index contributed by atoms with van der Waals surface area (Å²) >= 11 is 0. The summed E-state index contributed by atoms with van der Waals surface area (Å²) in [5.41, 5.74) is 1.16. The van der Waals surface area contributed by atoms with Gasteiger partial charge in [-0.3, -0.25) is 14.9 Å². The van der Waals surface area contributed by atoms with E-state index >= 15 is 0 Å². The van der Waals surface area contributed by atoms with Gasteiger partial charge in [0.2, 0.25) is 11.8 Å². The van der Waals surface area contributed by atoms with Gasteiger partial charge in [-0.05, 0) is 18.2 Å². The molecule has 3 heterocycles. The molecule has 2 N–H and O–H groups in total. The molecule has 0 atom stereocenters. The first-order valence-electron chi connectivity index (χ1n) is 7.90. The number of aromatic amines is 1. The van der Waals surface area contributed by atoms with E-state index in [4.69, 9.17) is 9.47 Å². The second-order valence-electron chi connectivity index (χ2n) is 5.26. The first kappa shape index (κ1) is 17.3. The molecule has 3 aromatic heterocycles. The van der Waals surface area contributed by atoms with Crippen molar-refractivity contribution in [3.8, 4) is 23.1 Å². The molecule has 3 aromatic rings. The molecule has 26 heavy (non-hydrogen) atoms. The van der Waals surface area contributed by atoms with E-state index in [1.807, 2.05) is 12.1 Å². The molecule has 0 radical (unpaired) electrons. The van der Waals surface area contributed by atoms with Crippen molar-refractivity contribution in [3.05, 3.63) is 48.0 Å². The molecule has 0 aromatic carbocycles. The van der Waals surface area contributed by atoms with Crippen molar-refractivity contribution in [1.29, 1.82) is 0 Å². The lowest BCUT2D eigenvalue weighted by Gasteiger charge is -2.09. The number of nitrogens with one attached hydrogen (secondary N) is 2. The Labute approximate surface area is 149 Å². The van der Waals surface area contributed by atoms with Crippen molar-refractivity contribution in [3.63, 3.8) is 0 Å². The molecular weight excluding hydrogens is 336 g/mol. The molecule has 0 aliphatic heterocycles. The Kier molecular flexibility index (Phi) is 5.37. The highest BCUT2D eigenvalue weighted by atomic mass is 16.5. The number of H-pyrrole nitrogens is 1. The van der Waals surface area contributed by atoms with Crippen LogP contribution in [0, 0.1) is 0 Å². The standard InChI is InChI=1S/C17H18N6O3/c1-25-14-6-5-12(17(21-14)26-2)16(24)19-9-7-13-20-15(23-22-13)11-4-3-8-18-10-11/h3-6,8,10H,7,9H2,1-2H3,(H,19,24)(H,20,22,23). The van der Waals surface area contributed by atoms with Gasteiger partial charge in [-0.15, -0.1) is 0 Å². The molecule has 0 aliphatic rings. The van der Waals surface area contributed by atoms with Gasteiger partial charge in [0.15, 0.2) is 5.82 Å². The summed E-state index contributed by atoms with van der Waals surface area (Å²) in [6.45, 7) is 0.385. The highest BCUT2D eigenvalue weighted by Crippen LogP contribution is 2.19. The third-order valence-electron chi connectivity index (χ3n) is 3.58. The Morgan fingerprint density at radius 1 is 1.19 bits per heavy atom. The van der Waals surface area contributed by atoms with Gasteiger partial charge < -0.3 is 14.8 Å². The normalized spacial score (nSPS) is 10.4. The fourth-order valence-electron chi connectivity index (χ4n) is 2.29. The summed E-state index contributed by atoms with van der Waals surface area (Å²) < 4.78 is 10.2. The minimum Gasteiger partial charge on any atom is -0.481 e. The van der Waals surface area contributed by atoms with E-state index < -0.39 is 0 Å². The van der Waals surface area contributed by atoms with Gasteiger partial charge in [0.05, 0.1) is 14.2 Å². The van der Waals surface area contributed by atoms with E-state index in [-0.39, 0.29) is 11.8 Å². The largest absolute Gasteiger partial charge is 0.481 e. The zero-order valence-corrected chi connectivity index (χ0v) is 14.4. The number of pyridine rings is 2. The molecule has 9 heteroatoms. The van der Waals surface area contributed by atoms with Gasteiger partial charge in [0.1, 0.15) is 11.4 Å². The van der Waals surface area contributed by atoms with Crippen LogP contribution in [0.4, 0.5) is 0 Å². The number of hydrogen-bond acceptors (Lipinski definition) is 7. The Balaban J connectivity index is 1.58. The van der Waals surface area contributed by atoms with Crippen molar-refractivity contribution in [2.45, 2.75) is 6.42 Å². The average molecular weight is 354 g/mol. The lowest BCUT2D eigenvalue weighted by molar-refractivity contribution is 0.0950. The summed E-state index contributed by atoms with van der Waals surface area (Å²) in [6.07, 6.45) is 3.89. The molecular formula is C17H18N6O3. The third-order valence-corrected chi connectivity index (χ3v) is 3.58. The maximum atomic E-state index is 12.3. The number of aromatic nitrogens is 5. The zero-order valence-electron chi connectivity index (χ0n) is 14.4. The van der Waals surface area contributed by atoms with E-state index in [0.717, 1.165) is 5.56 Å². The van der Waals surface area contributed by atoms with Gasteiger partial charge in [0.25, 0.3) is 5.91 Å². The van der Waals surface area contributed by atoms with Crippen LogP contribution in [-0.2, 0) is 6.42 Å². The Morgan fingerprint density at radius 3 is 2.81 bits per heavy atom. The zero-order chi connectivity index (χ0) is 18.4. The van der Waals surface area contributed by atoms with Crippen LogP contribution in [0.15, 0.2) is 36.7 Å². The van der Waals surface area contributed by atoms with Crippen LogP contribution in [0.1, 0.15) is 16.2 Å². The summed E-state index contributed by atoms with van der Waals surface area (Å²) in [5.74, 6) is 1.54. The van der Waals surface area contributed by atoms with Crippen molar-refractivity contribution in [2.24, 2.45) is 0 Å². The molecule has 0 unspecified atom stereocenters. The first-order valence-corrected chi connectivity index (χ1v) is 7.90. The molecule has 9 nitrogen and oxygen atoms in total. The molecule has 3 rings (SSSR count). The number of ether oxygens (including phenoxy) is 2. The van der Waals surface area contributed by atoms with Gasteiger partial charge in [-0.25, -0.2) is 4.98 Å². The second kappa shape index (κ2) is 8.06. The quantitative estimate of drug-likeness (QED) is 0.656. The minimum absolute atomic E-state index is 0.209. The predicted octanol–water partition coefficient (Wildman–Crippen LogP) is 1.25. The van der Waals surface area contributed by atoms with Crippen LogP contribution in [0.5, 0.6) is 11.8 Å². The lowest BCUT2D eigenvalue weighted by atomic mass is 10.2. The summed E-state index contributed by atoms with van der Waals surface area (Å²) in [6, 6.07) is 6.91. The molecule has 0 bridgehead atoms. The molecule has 0 aliphatic carbocycles. The number of amides is 1. The Morgan fingerprint density at radius 2 is 2.08 bits per heavy atom. The predicted molar refractivity (Wildman–Crippen MR) is 93.0 cm³/mol. The number of carbonyl (C=O) groups is 1. The van der Waals surface area contributed by atoms with E-state index in [2.05, 4.69) is 30.5 Å². The number of methoxy groups -OCH3 is 2. The Bertz CT molecular complexity index is 881. The number of rotatable bonds is 7. The van der Waals surface area contributed by atoms with Crippen LogP contribution in [-0.4, -0.2) is 51.8 Å². The van der Waals surface area contributed by atoms with Gasteiger partial charge in [-0.1, -0.05) is 0 Å². The van der Waals surface area contributed by atoms with Crippen molar-refractivity contribution in [1.82, 2.24) is 30.5 Å². The smallest absolute Gasteiger partial charge is 0.256 e. The maximum Gasteiger partial charge on any atom is 0.256 e. The van der Waals surface area contributed by atoms with Crippen molar-refractivity contribution < 1.29 is 14.3 Å². The fourth-order valence-corrected chi connectivity index (χ4v) is 2.29. The van der Waals surface area contributed by atoms with E-state index in [1.54, 1.807) is 24.5 Å². The van der Waals surface area contributed by atoms with Gasteiger partial charge in [-0.2, -0.15) is 10.1 Å². The van der Waals surface area contributed by atoms with Gasteiger partial charge in [0, 0.05) is 37.0 Å². The number of nitrogens with zero attached hydrogens (tertiary/aromatic N) is 4. The molecule has 134 valence electrons. The van der Waals surface area contributed by atoms with E-state index in [0.29, 0.717) is 36.1 Å². The van der Waals surface area contributed by atoms with Crippen LogP contribution in [0.25, 0.3) is 11.4 Å². The topological polar surface area (TPSA) is 115 Å². The van der Waals surface area contributed by atoms with Crippen LogP contribution < -0.4 is 14.8 Å².